The van der Waals surface area contributed by atoms with Gasteiger partial charge in [-0.05, 0) is 95.9 Å². The summed E-state index contributed by atoms with van der Waals surface area (Å²) in [7, 11) is 0. The van der Waals surface area contributed by atoms with Crippen molar-refractivity contribution in [3.63, 3.8) is 0 Å². The van der Waals surface area contributed by atoms with Crippen LogP contribution in [0, 0.1) is 5.92 Å². The van der Waals surface area contributed by atoms with Crippen LogP contribution in [0.1, 0.15) is 85.0 Å². The monoisotopic (exact) mass is 652 g/mol. The lowest BCUT2D eigenvalue weighted by atomic mass is 10.0. The Labute approximate surface area is 281 Å². The minimum Gasteiger partial charge on any atom is -0.481 e. The molecule has 2 amide bonds. The average Bonchev–Trinajstić information content (AvgIpc) is 3.02. The number of halogens is 1. The number of benzene rings is 1. The van der Waals surface area contributed by atoms with E-state index in [0.29, 0.717) is 23.6 Å². The van der Waals surface area contributed by atoms with Gasteiger partial charge in [-0.25, -0.2) is 0 Å². The molecule has 252 valence electrons. The Morgan fingerprint density at radius 1 is 0.761 bits per heavy atom. The fourth-order valence-corrected chi connectivity index (χ4v) is 4.26. The number of rotatable bonds is 24. The molecule has 0 aliphatic rings. The number of ether oxygens (including phenoxy) is 1. The Kier molecular flexibility index (Phi) is 22.2. The van der Waals surface area contributed by atoms with E-state index in [1.165, 1.54) is 0 Å². The van der Waals surface area contributed by atoms with Crippen molar-refractivity contribution in [3.8, 4) is 5.75 Å². The first-order valence-corrected chi connectivity index (χ1v) is 16.7. The van der Waals surface area contributed by atoms with Crippen LogP contribution in [0.3, 0.4) is 0 Å². The predicted molar refractivity (Wildman–Crippen MR) is 190 cm³/mol. The number of carboxylic acids is 1. The third-order valence-corrected chi connectivity index (χ3v) is 7.06. The van der Waals surface area contributed by atoms with E-state index in [1.807, 2.05) is 12.2 Å². The molecule has 0 aromatic heterocycles. The Bertz CT molecular complexity index is 1200. The van der Waals surface area contributed by atoms with E-state index in [0.717, 1.165) is 38.5 Å². The highest BCUT2D eigenvalue weighted by atomic mass is 35.5. The van der Waals surface area contributed by atoms with Gasteiger partial charge < -0.3 is 20.5 Å². The molecule has 0 saturated heterocycles. The van der Waals surface area contributed by atoms with Crippen LogP contribution in [-0.2, 0) is 14.4 Å². The number of carbonyl (C=O) groups excluding carboxylic acids is 2. The van der Waals surface area contributed by atoms with E-state index in [4.69, 9.17) is 16.3 Å². The summed E-state index contributed by atoms with van der Waals surface area (Å²) in [6.07, 6.45) is 32.9. The van der Waals surface area contributed by atoms with Crippen molar-refractivity contribution < 1.29 is 24.2 Å². The van der Waals surface area contributed by atoms with Gasteiger partial charge in [0.15, 0.2) is 5.60 Å². The van der Waals surface area contributed by atoms with Gasteiger partial charge in [0.25, 0.3) is 5.91 Å². The lowest BCUT2D eigenvalue weighted by Crippen LogP contribution is -2.47. The number of nitrogens with one attached hydrogen (secondary N) is 2. The molecule has 0 aliphatic heterocycles. The summed E-state index contributed by atoms with van der Waals surface area (Å²) in [5.74, 6) is -1.61. The maximum Gasteiger partial charge on any atom is 0.306 e. The standard InChI is InChI=1S/C38H53ClN2O5/c1-4-5-6-7-8-9-10-11-12-13-14-15-16-17-18-19-20-21-22-23-35(42)40-30-28-32(36(43)44)29-31-41-37(45)38(2,3)46-34-26-24-33(39)25-27-34/h5-6,8-9,11-12,14-15,17-18,20-21,24-27,32H,4,7,10,13,16,19,22-23,28-31H2,1-3H3,(H,40,42)(H,41,45)(H,43,44)/b6-5-,9-8-,12-11-,15-14-,18-17-,21-20-. The van der Waals surface area contributed by atoms with Crippen LogP contribution in [0.15, 0.2) is 97.2 Å². The zero-order valence-corrected chi connectivity index (χ0v) is 28.5. The zero-order chi connectivity index (χ0) is 33.9. The molecule has 0 radical (unpaired) electrons. The molecule has 8 heteroatoms. The summed E-state index contributed by atoms with van der Waals surface area (Å²) < 4.78 is 5.77. The lowest BCUT2D eigenvalue weighted by Gasteiger charge is -2.25. The summed E-state index contributed by atoms with van der Waals surface area (Å²) in [5, 5.41) is 15.7. The summed E-state index contributed by atoms with van der Waals surface area (Å²) in [5.41, 5.74) is -1.15. The van der Waals surface area contributed by atoms with Gasteiger partial charge in [-0.3, -0.25) is 14.4 Å². The highest BCUT2D eigenvalue weighted by molar-refractivity contribution is 6.30. The Morgan fingerprint density at radius 2 is 1.22 bits per heavy atom. The molecule has 1 aromatic carbocycles. The highest BCUT2D eigenvalue weighted by Gasteiger charge is 2.30. The van der Waals surface area contributed by atoms with Gasteiger partial charge in [0, 0.05) is 24.5 Å². The third kappa shape index (κ3) is 21.0. The summed E-state index contributed by atoms with van der Waals surface area (Å²) in [6.45, 7) is 5.86. The normalized spacial score (nSPS) is 13.1. The van der Waals surface area contributed by atoms with Crippen LogP contribution in [0.4, 0.5) is 0 Å². The number of hydrogen-bond acceptors (Lipinski definition) is 4. The van der Waals surface area contributed by atoms with Crippen molar-refractivity contribution >= 4 is 29.4 Å². The van der Waals surface area contributed by atoms with Gasteiger partial charge in [0.2, 0.25) is 5.91 Å². The van der Waals surface area contributed by atoms with Crippen molar-refractivity contribution in [2.24, 2.45) is 5.92 Å². The molecule has 0 aliphatic carbocycles. The maximum absolute atomic E-state index is 12.6. The van der Waals surface area contributed by atoms with Crippen molar-refractivity contribution in [1.82, 2.24) is 10.6 Å². The van der Waals surface area contributed by atoms with E-state index in [2.05, 4.69) is 78.3 Å². The molecule has 1 rings (SSSR count). The number of carboxylic acid groups (broad SMARTS) is 1. The predicted octanol–water partition coefficient (Wildman–Crippen LogP) is 8.69. The third-order valence-electron chi connectivity index (χ3n) is 6.81. The second-order valence-corrected chi connectivity index (χ2v) is 11.7. The molecule has 1 unspecified atom stereocenters. The van der Waals surface area contributed by atoms with E-state index in [-0.39, 0.29) is 37.7 Å². The van der Waals surface area contributed by atoms with Crippen LogP contribution in [0.25, 0.3) is 0 Å². The SMILES string of the molecule is CC/C=C\C/C=C\C/C=C\C/C=C\C/C=C\C/C=C\CCC(=O)NCCC(CCNC(=O)C(C)(C)Oc1ccc(Cl)cc1)C(=O)O. The van der Waals surface area contributed by atoms with Gasteiger partial charge in [0.05, 0.1) is 5.92 Å². The lowest BCUT2D eigenvalue weighted by molar-refractivity contribution is -0.142. The summed E-state index contributed by atoms with van der Waals surface area (Å²) in [6, 6.07) is 6.70. The van der Waals surface area contributed by atoms with Gasteiger partial charge in [0.1, 0.15) is 5.75 Å². The molecule has 3 N–H and O–H groups in total. The van der Waals surface area contributed by atoms with Gasteiger partial charge in [-0.1, -0.05) is 91.4 Å². The fraction of sp³-hybridized carbons (Fsp3) is 0.447. The number of carbonyl (C=O) groups is 3. The first-order valence-electron chi connectivity index (χ1n) is 16.3. The number of aliphatic carboxylic acids is 1. The molecule has 0 spiro atoms. The van der Waals surface area contributed by atoms with Gasteiger partial charge in [-0.2, -0.15) is 0 Å². The molecule has 0 saturated carbocycles. The van der Waals surface area contributed by atoms with E-state index < -0.39 is 17.5 Å². The van der Waals surface area contributed by atoms with Crippen LogP contribution in [0.2, 0.25) is 5.02 Å². The van der Waals surface area contributed by atoms with Crippen molar-refractivity contribution in [2.45, 2.75) is 90.6 Å². The van der Waals surface area contributed by atoms with Gasteiger partial charge >= 0.3 is 5.97 Å². The van der Waals surface area contributed by atoms with Crippen LogP contribution in [0.5, 0.6) is 5.75 Å². The number of amides is 2. The molecule has 1 aromatic rings. The second kappa shape index (κ2) is 25.4. The fourth-order valence-electron chi connectivity index (χ4n) is 4.14. The molecule has 46 heavy (non-hydrogen) atoms. The smallest absolute Gasteiger partial charge is 0.306 e. The van der Waals surface area contributed by atoms with Crippen LogP contribution >= 0.6 is 11.6 Å². The molecular weight excluding hydrogens is 600 g/mol. The summed E-state index contributed by atoms with van der Waals surface area (Å²) >= 11 is 5.89. The van der Waals surface area contributed by atoms with Crippen LogP contribution in [-0.4, -0.2) is 41.6 Å². The minimum absolute atomic E-state index is 0.113. The van der Waals surface area contributed by atoms with Gasteiger partial charge in [-0.15, -0.1) is 0 Å². The van der Waals surface area contributed by atoms with Crippen molar-refractivity contribution in [1.29, 1.82) is 0 Å². The molecule has 0 heterocycles. The Hall–Kier alpha value is -3.84. The average molecular weight is 653 g/mol. The second-order valence-electron chi connectivity index (χ2n) is 11.2. The first-order chi connectivity index (χ1) is 22.2. The van der Waals surface area contributed by atoms with E-state index in [1.54, 1.807) is 38.1 Å². The topological polar surface area (TPSA) is 105 Å². The summed E-state index contributed by atoms with van der Waals surface area (Å²) in [4.78, 5) is 36.5. The Morgan fingerprint density at radius 3 is 1.70 bits per heavy atom. The quantitative estimate of drug-likeness (QED) is 0.0969. The molecule has 0 bridgehead atoms. The molecule has 1 atom stereocenters. The number of hydrogen-bond donors (Lipinski definition) is 3. The minimum atomic E-state index is -1.15. The Balaban J connectivity index is 2.16. The maximum atomic E-state index is 12.6. The molecular formula is C38H53ClN2O5. The molecule has 0 fully saturated rings. The van der Waals surface area contributed by atoms with Crippen molar-refractivity contribution in [3.05, 3.63) is 102 Å². The number of allylic oxidation sites excluding steroid dienone is 12. The highest BCUT2D eigenvalue weighted by Crippen LogP contribution is 2.21. The largest absolute Gasteiger partial charge is 0.481 e. The van der Waals surface area contributed by atoms with Crippen molar-refractivity contribution in [2.75, 3.05) is 13.1 Å². The first kappa shape index (κ1) is 40.2. The van der Waals surface area contributed by atoms with Crippen LogP contribution < -0.4 is 15.4 Å². The van der Waals surface area contributed by atoms with E-state index >= 15 is 0 Å². The zero-order valence-electron chi connectivity index (χ0n) is 27.8. The molecule has 7 nitrogen and oxygen atoms in total. The van der Waals surface area contributed by atoms with E-state index in [9.17, 15) is 19.5 Å².